The van der Waals surface area contributed by atoms with Gasteiger partial charge in [0.1, 0.15) is 22.7 Å². The van der Waals surface area contributed by atoms with Gasteiger partial charge in [0.05, 0.1) is 31.4 Å². The van der Waals surface area contributed by atoms with Crippen LogP contribution < -0.4 is 5.43 Å². The number of carbonyl (C=O) groups excluding carboxylic acids is 1. The van der Waals surface area contributed by atoms with Crippen LogP contribution in [0.2, 0.25) is 0 Å². The summed E-state index contributed by atoms with van der Waals surface area (Å²) in [5, 5.41) is 19.3. The van der Waals surface area contributed by atoms with E-state index in [1.165, 1.54) is 21.7 Å². The van der Waals surface area contributed by atoms with E-state index in [0.29, 0.717) is 18.2 Å². The maximum Gasteiger partial charge on any atom is 0.277 e. The fourth-order valence-corrected chi connectivity index (χ4v) is 5.40. The van der Waals surface area contributed by atoms with Crippen LogP contribution >= 0.6 is 11.3 Å². The second-order valence-corrected chi connectivity index (χ2v) is 9.14. The minimum absolute atomic E-state index is 0.0657. The molecule has 3 atom stereocenters. The Morgan fingerprint density at radius 1 is 1.21 bits per heavy atom. The number of amides is 1. The summed E-state index contributed by atoms with van der Waals surface area (Å²) in [5.74, 6) is -2.54. The fourth-order valence-electron chi connectivity index (χ4n) is 4.53. The van der Waals surface area contributed by atoms with E-state index < -0.39 is 34.9 Å². The van der Waals surface area contributed by atoms with E-state index in [1.54, 1.807) is 0 Å². The van der Waals surface area contributed by atoms with Crippen LogP contribution in [0.15, 0.2) is 29.2 Å². The van der Waals surface area contributed by atoms with E-state index in [9.17, 15) is 23.5 Å². The van der Waals surface area contributed by atoms with Crippen molar-refractivity contribution < 1.29 is 28.2 Å². The summed E-state index contributed by atoms with van der Waals surface area (Å²) in [6, 6.07) is 3.02. The summed E-state index contributed by atoms with van der Waals surface area (Å²) >= 11 is 1.05. The van der Waals surface area contributed by atoms with Crippen LogP contribution in [0.25, 0.3) is 10.6 Å². The third-order valence-corrected chi connectivity index (χ3v) is 7.06. The molecule has 2 fully saturated rings. The van der Waals surface area contributed by atoms with Crippen molar-refractivity contribution in [3.8, 4) is 16.3 Å². The van der Waals surface area contributed by atoms with Gasteiger partial charge in [0.2, 0.25) is 5.43 Å². The number of ether oxygens (including phenoxy) is 2. The van der Waals surface area contributed by atoms with Crippen molar-refractivity contribution in [3.05, 3.63) is 62.5 Å². The molecule has 0 saturated carbocycles. The van der Waals surface area contributed by atoms with Gasteiger partial charge in [-0.25, -0.2) is 8.78 Å². The van der Waals surface area contributed by atoms with E-state index in [0.717, 1.165) is 23.5 Å². The number of fused-ring (bicyclic) bond motifs is 4. The predicted octanol–water partition coefficient (Wildman–Crippen LogP) is 1.52. The number of nitrogens with zero attached hydrogens (tertiary/aromatic N) is 4. The third kappa shape index (κ3) is 3.16. The highest BCUT2D eigenvalue weighted by Crippen LogP contribution is 2.36. The first kappa shape index (κ1) is 20.4. The molecule has 2 aromatic heterocycles. The van der Waals surface area contributed by atoms with Gasteiger partial charge in [-0.05, 0) is 11.6 Å². The molecule has 0 aliphatic carbocycles. The Kier molecular flexibility index (Phi) is 4.57. The topological polar surface area (TPSA) is 107 Å². The van der Waals surface area contributed by atoms with Gasteiger partial charge in [0, 0.05) is 18.7 Å². The summed E-state index contributed by atoms with van der Waals surface area (Å²) in [7, 11) is 0. The first-order chi connectivity index (χ1) is 15.9. The highest BCUT2D eigenvalue weighted by Gasteiger charge is 2.51. The summed E-state index contributed by atoms with van der Waals surface area (Å²) < 4.78 is 39.9. The van der Waals surface area contributed by atoms with Crippen molar-refractivity contribution >= 4 is 17.2 Å². The maximum atomic E-state index is 14.0. The van der Waals surface area contributed by atoms with Crippen LogP contribution in [-0.4, -0.2) is 62.3 Å². The summed E-state index contributed by atoms with van der Waals surface area (Å²) in [6.45, 7) is 0.970. The standard InChI is InChI=1S/C21H16F2N4O5S/c22-10-2-1-9(12(23)4-10)3-15-24-25-20(33-15)11-5-26-6-16-27(13-7-31-8-14(13)32-16)21(30)17(26)19(29)18(11)28/h1-2,4-5,13-14,16,29H,3,6-8H2/t13?,14-,16-/m1/s1. The zero-order valence-corrected chi connectivity index (χ0v) is 17.7. The van der Waals surface area contributed by atoms with Gasteiger partial charge in [0.15, 0.2) is 22.7 Å². The summed E-state index contributed by atoms with van der Waals surface area (Å²) in [6.07, 6.45) is 0.768. The van der Waals surface area contributed by atoms with Crippen molar-refractivity contribution in [1.29, 1.82) is 0 Å². The van der Waals surface area contributed by atoms with E-state index in [1.807, 2.05) is 0 Å². The molecule has 33 heavy (non-hydrogen) atoms. The number of rotatable bonds is 3. The number of carbonyl (C=O) groups is 1. The lowest BCUT2D eigenvalue weighted by Crippen LogP contribution is -2.50. The first-order valence-electron chi connectivity index (χ1n) is 10.2. The van der Waals surface area contributed by atoms with Gasteiger partial charge in [-0.1, -0.05) is 17.4 Å². The Hall–Kier alpha value is -3.22. The van der Waals surface area contributed by atoms with Crippen LogP contribution in [0.5, 0.6) is 5.75 Å². The second-order valence-electron chi connectivity index (χ2n) is 8.08. The molecule has 9 nitrogen and oxygen atoms in total. The molecule has 6 rings (SSSR count). The normalized spacial score (nSPS) is 23.5. The van der Waals surface area contributed by atoms with Gasteiger partial charge in [-0.3, -0.25) is 9.59 Å². The Balaban J connectivity index is 1.34. The average Bonchev–Trinajstić information content (AvgIpc) is 3.48. The number of pyridine rings is 1. The van der Waals surface area contributed by atoms with Gasteiger partial charge < -0.3 is 24.0 Å². The minimum Gasteiger partial charge on any atom is -0.503 e. The molecule has 2 saturated heterocycles. The Morgan fingerprint density at radius 3 is 2.88 bits per heavy atom. The molecule has 1 N–H and O–H groups in total. The van der Waals surface area contributed by atoms with Crippen molar-refractivity contribution in [2.45, 2.75) is 31.3 Å². The number of halogens is 2. The van der Waals surface area contributed by atoms with Crippen LogP contribution in [0.4, 0.5) is 8.78 Å². The van der Waals surface area contributed by atoms with Gasteiger partial charge in [-0.15, -0.1) is 10.2 Å². The van der Waals surface area contributed by atoms with Crippen molar-refractivity contribution in [2.24, 2.45) is 0 Å². The lowest BCUT2D eigenvalue weighted by Gasteiger charge is -2.34. The van der Waals surface area contributed by atoms with E-state index in [-0.39, 0.29) is 46.9 Å². The fraction of sp³-hybridized carbons (Fsp3) is 0.333. The van der Waals surface area contributed by atoms with Gasteiger partial charge in [-0.2, -0.15) is 0 Å². The van der Waals surface area contributed by atoms with E-state index in [2.05, 4.69) is 10.2 Å². The molecule has 1 amide bonds. The molecule has 1 unspecified atom stereocenters. The smallest absolute Gasteiger partial charge is 0.277 e. The van der Waals surface area contributed by atoms with Crippen molar-refractivity contribution in [1.82, 2.24) is 19.7 Å². The van der Waals surface area contributed by atoms with Crippen molar-refractivity contribution in [2.75, 3.05) is 13.2 Å². The van der Waals surface area contributed by atoms with Crippen LogP contribution in [0.3, 0.4) is 0 Å². The Morgan fingerprint density at radius 2 is 2.06 bits per heavy atom. The summed E-state index contributed by atoms with van der Waals surface area (Å²) in [5.41, 5.74) is -0.539. The van der Waals surface area contributed by atoms with Crippen molar-refractivity contribution in [3.63, 3.8) is 0 Å². The van der Waals surface area contributed by atoms with Crippen LogP contribution in [0.1, 0.15) is 21.1 Å². The quantitative estimate of drug-likeness (QED) is 0.614. The number of benzene rings is 1. The minimum atomic E-state index is -0.747. The van der Waals surface area contributed by atoms with Crippen LogP contribution in [-0.2, 0) is 22.4 Å². The lowest BCUT2D eigenvalue weighted by molar-refractivity contribution is -0.0381. The zero-order valence-electron chi connectivity index (χ0n) is 16.9. The SMILES string of the molecule is O=C1c2c(O)c(=O)c(-c3nnc(Cc4ccc(F)cc4F)s3)cn2C[C@H]2O[C@@H]3COCC3N12. The highest BCUT2D eigenvalue weighted by atomic mass is 32.1. The largest absolute Gasteiger partial charge is 0.503 e. The number of hydrogen-bond acceptors (Lipinski definition) is 8. The summed E-state index contributed by atoms with van der Waals surface area (Å²) in [4.78, 5) is 27.6. The molecule has 1 aromatic carbocycles. The Bertz CT molecular complexity index is 1360. The van der Waals surface area contributed by atoms with E-state index in [4.69, 9.17) is 9.47 Å². The van der Waals surface area contributed by atoms with Gasteiger partial charge >= 0.3 is 0 Å². The lowest BCUT2D eigenvalue weighted by atomic mass is 10.1. The monoisotopic (exact) mass is 474 g/mol. The number of hydrogen-bond donors (Lipinski definition) is 1. The molecule has 3 aromatic rings. The molecule has 0 radical (unpaired) electrons. The molecule has 3 aliphatic heterocycles. The van der Waals surface area contributed by atoms with Crippen LogP contribution in [0, 0.1) is 11.6 Å². The first-order valence-corrected chi connectivity index (χ1v) is 11.0. The molecule has 3 aliphatic rings. The molecule has 12 heteroatoms. The molecule has 5 heterocycles. The molecule has 170 valence electrons. The molecular weight excluding hydrogens is 458 g/mol. The third-order valence-electron chi connectivity index (χ3n) is 6.10. The average molecular weight is 474 g/mol. The maximum absolute atomic E-state index is 14.0. The number of aromatic hydroxyl groups is 1. The van der Waals surface area contributed by atoms with E-state index >= 15 is 0 Å². The number of aromatic nitrogens is 3. The molecule has 0 spiro atoms. The Labute approximate surface area is 188 Å². The zero-order chi connectivity index (χ0) is 22.9. The highest BCUT2D eigenvalue weighted by molar-refractivity contribution is 7.14. The second kappa shape index (κ2) is 7.40. The molecule has 0 bridgehead atoms. The predicted molar refractivity (Wildman–Crippen MR) is 110 cm³/mol. The van der Waals surface area contributed by atoms with Gasteiger partial charge in [0.25, 0.3) is 5.91 Å². The molecular formula is C21H16F2N4O5S.